The van der Waals surface area contributed by atoms with Crippen LogP contribution in [-0.4, -0.2) is 41.6 Å². The summed E-state index contributed by atoms with van der Waals surface area (Å²) in [6.45, 7) is 16.9. The molecule has 4 aromatic rings. The average Bonchev–Trinajstić information content (AvgIpc) is 3.11. The van der Waals surface area contributed by atoms with Crippen molar-refractivity contribution in [3.05, 3.63) is 97.1 Å². The van der Waals surface area contributed by atoms with Crippen molar-refractivity contribution in [3.8, 4) is 23.0 Å². The van der Waals surface area contributed by atoms with Crippen molar-refractivity contribution < 1.29 is 18.9 Å². The summed E-state index contributed by atoms with van der Waals surface area (Å²) in [5.41, 5.74) is 0. The van der Waals surface area contributed by atoms with Gasteiger partial charge in [0.05, 0.1) is 34.0 Å². The van der Waals surface area contributed by atoms with Gasteiger partial charge in [-0.05, 0) is 74.2 Å². The van der Waals surface area contributed by atoms with Crippen LogP contribution in [0, 0.1) is 0 Å². The van der Waals surface area contributed by atoms with Crippen LogP contribution in [0.1, 0.15) is 79.1 Å². The largest absolute Gasteiger partial charge is 0.494 e. The molecule has 0 unspecified atom stereocenters. The quantitative estimate of drug-likeness (QED) is 0.0502. The van der Waals surface area contributed by atoms with Crippen molar-refractivity contribution in [2.75, 3.05) is 26.4 Å². The van der Waals surface area contributed by atoms with E-state index >= 15 is 0 Å². The van der Waals surface area contributed by atoms with Crippen molar-refractivity contribution >= 4 is 35.9 Å². The zero-order valence-electron chi connectivity index (χ0n) is 30.4. The van der Waals surface area contributed by atoms with Crippen molar-refractivity contribution in [1.82, 2.24) is 0 Å². The van der Waals surface area contributed by atoms with E-state index in [2.05, 4.69) is 138 Å². The first-order valence-corrected chi connectivity index (χ1v) is 24.3. The molecule has 0 aromatic heterocycles. The Labute approximate surface area is 292 Å². The maximum Gasteiger partial charge on any atom is 0.144 e. The van der Waals surface area contributed by atoms with Crippen LogP contribution in [0.25, 0.3) is 0 Å². The zero-order valence-corrected chi connectivity index (χ0v) is 32.4. The molecule has 0 spiro atoms. The molecular formula is C42H58O4Si2. The summed E-state index contributed by atoms with van der Waals surface area (Å²) < 4.78 is 24.6. The molecule has 0 aliphatic rings. The molecule has 0 N–H and O–H groups in total. The maximum atomic E-state index is 6.15. The van der Waals surface area contributed by atoms with Crippen LogP contribution in [0.5, 0.6) is 23.0 Å². The highest BCUT2D eigenvalue weighted by Crippen LogP contribution is 2.26. The lowest BCUT2D eigenvalue weighted by Crippen LogP contribution is -2.84. The van der Waals surface area contributed by atoms with Crippen molar-refractivity contribution in [3.63, 3.8) is 0 Å². The topological polar surface area (TPSA) is 36.9 Å². The molecule has 258 valence electrons. The van der Waals surface area contributed by atoms with Crippen LogP contribution in [0.2, 0.25) is 13.1 Å². The number of benzene rings is 4. The molecule has 4 nitrogen and oxygen atoms in total. The molecule has 0 amide bonds. The van der Waals surface area contributed by atoms with E-state index in [1.54, 1.807) is 0 Å². The van der Waals surface area contributed by atoms with Gasteiger partial charge in [-0.25, -0.2) is 0 Å². The number of hydrogen-bond acceptors (Lipinski definition) is 4. The Kier molecular flexibility index (Phi) is 14.7. The number of hydrogen-bond donors (Lipinski definition) is 0. The molecule has 0 atom stereocenters. The average molecular weight is 683 g/mol. The second-order valence-electron chi connectivity index (χ2n) is 13.3. The van der Waals surface area contributed by atoms with Gasteiger partial charge < -0.3 is 18.9 Å². The fourth-order valence-electron chi connectivity index (χ4n) is 6.51. The highest BCUT2D eigenvalue weighted by molar-refractivity contribution is 7.59. The normalized spacial score (nSPS) is 11.7. The molecule has 6 heteroatoms. The number of ether oxygens (including phenoxy) is 4. The Balaban J connectivity index is 1.90. The van der Waals surface area contributed by atoms with E-state index in [0.717, 1.165) is 101 Å². The van der Waals surface area contributed by atoms with Gasteiger partial charge in [0, 0.05) is 0 Å². The van der Waals surface area contributed by atoms with E-state index in [0.29, 0.717) is 0 Å². The van der Waals surface area contributed by atoms with E-state index in [1.807, 2.05) is 0 Å². The third-order valence-electron chi connectivity index (χ3n) is 9.44. The van der Waals surface area contributed by atoms with E-state index in [1.165, 1.54) is 20.7 Å². The molecule has 0 saturated heterocycles. The highest BCUT2D eigenvalue weighted by atomic mass is 29.3. The fraction of sp³-hybridized carbons (Fsp3) is 0.429. The van der Waals surface area contributed by atoms with Gasteiger partial charge in [0.2, 0.25) is 0 Å². The summed E-state index contributed by atoms with van der Waals surface area (Å²) in [5.74, 6) is 3.74. The van der Waals surface area contributed by atoms with Gasteiger partial charge in [-0.1, -0.05) is 136 Å². The van der Waals surface area contributed by atoms with E-state index in [9.17, 15) is 0 Å². The summed E-state index contributed by atoms with van der Waals surface area (Å²) >= 11 is 0. The molecule has 4 aromatic carbocycles. The molecule has 0 aliphatic heterocycles. The van der Waals surface area contributed by atoms with Gasteiger partial charge in [-0.15, -0.1) is 0 Å². The monoisotopic (exact) mass is 682 g/mol. The zero-order chi connectivity index (χ0) is 34.2. The fourth-order valence-corrected chi connectivity index (χ4v) is 22.9. The minimum Gasteiger partial charge on any atom is -0.494 e. The lowest BCUT2D eigenvalue weighted by molar-refractivity contribution is 0.309. The lowest BCUT2D eigenvalue weighted by Gasteiger charge is -2.46. The highest BCUT2D eigenvalue weighted by Gasteiger charge is 2.54. The molecule has 48 heavy (non-hydrogen) atoms. The molecule has 0 heterocycles. The predicted octanol–water partition coefficient (Wildman–Crippen LogP) is 8.57. The minimum absolute atomic E-state index is 0.740. The van der Waals surface area contributed by atoms with Crippen molar-refractivity contribution in [2.45, 2.75) is 92.2 Å². The Morgan fingerprint density at radius 2 is 0.583 bits per heavy atom. The molecule has 4 rings (SSSR count). The number of unbranched alkanes of at least 4 members (excludes halogenated alkanes) is 4. The molecule has 0 fully saturated rings. The van der Waals surface area contributed by atoms with Crippen LogP contribution < -0.4 is 39.7 Å². The van der Waals surface area contributed by atoms with Crippen LogP contribution in [0.4, 0.5) is 0 Å². The van der Waals surface area contributed by atoms with E-state index in [-0.39, 0.29) is 0 Å². The first-order chi connectivity index (χ1) is 23.4. The molecule has 0 radical (unpaired) electrons. The first-order valence-electron chi connectivity index (χ1n) is 18.3. The second-order valence-corrected chi connectivity index (χ2v) is 26.3. The van der Waals surface area contributed by atoms with Crippen LogP contribution >= 0.6 is 0 Å². The third kappa shape index (κ3) is 9.14. The van der Waals surface area contributed by atoms with Gasteiger partial charge in [0.1, 0.15) is 30.6 Å². The molecular weight excluding hydrogens is 625 g/mol. The first kappa shape index (κ1) is 37.3. The second kappa shape index (κ2) is 18.9. The lowest BCUT2D eigenvalue weighted by atomic mass is 10.3. The van der Waals surface area contributed by atoms with Gasteiger partial charge in [0.15, 0.2) is 0 Å². The summed E-state index contributed by atoms with van der Waals surface area (Å²) in [6.07, 6.45) is 8.70. The van der Waals surface area contributed by atoms with Crippen LogP contribution in [0.15, 0.2) is 97.1 Å². The van der Waals surface area contributed by atoms with Crippen LogP contribution in [0.3, 0.4) is 0 Å². The minimum atomic E-state index is -2.69. The molecule has 0 saturated carbocycles. The summed E-state index contributed by atoms with van der Waals surface area (Å²) in [4.78, 5) is 0. The summed E-state index contributed by atoms with van der Waals surface area (Å²) in [6, 6.07) is 36.2. The Morgan fingerprint density at radius 1 is 0.354 bits per heavy atom. The van der Waals surface area contributed by atoms with Crippen molar-refractivity contribution in [1.29, 1.82) is 0 Å². The Bertz CT molecular complexity index is 1340. The van der Waals surface area contributed by atoms with Gasteiger partial charge in [0.25, 0.3) is 0 Å². The SMILES string of the molecule is CCCCOc1ccc([Si](C)(C)[Si](c2ccc(OCCCC)cc2)(c2ccc(OCCCC)cc2)c2ccc(OCCCC)cc2)cc1. The maximum absolute atomic E-state index is 6.15. The smallest absolute Gasteiger partial charge is 0.144 e. The Morgan fingerprint density at radius 3 is 0.812 bits per heavy atom. The van der Waals surface area contributed by atoms with Crippen LogP contribution in [-0.2, 0) is 0 Å². The van der Waals surface area contributed by atoms with Gasteiger partial charge >= 0.3 is 0 Å². The van der Waals surface area contributed by atoms with Crippen molar-refractivity contribution in [2.24, 2.45) is 0 Å². The molecule has 0 aliphatic carbocycles. The molecule has 0 bridgehead atoms. The van der Waals surface area contributed by atoms with E-state index in [4.69, 9.17) is 18.9 Å². The van der Waals surface area contributed by atoms with E-state index < -0.39 is 15.2 Å². The Hall–Kier alpha value is -3.49. The van der Waals surface area contributed by atoms with Gasteiger partial charge in [-0.2, -0.15) is 0 Å². The predicted molar refractivity (Wildman–Crippen MR) is 209 cm³/mol. The summed E-state index contributed by atoms with van der Waals surface area (Å²) in [7, 11) is -5.02. The third-order valence-corrected chi connectivity index (χ3v) is 25.8. The van der Waals surface area contributed by atoms with Gasteiger partial charge in [-0.3, -0.25) is 0 Å². The standard InChI is InChI=1S/C42H58O4Si2/c1-7-11-31-43-35-15-23-39(24-16-35)47(5,6)48(40-25-17-36(18-26-40)44-32-12-8-2,41-27-19-37(20-28-41)45-33-13-9-3)42-29-21-38(22-30-42)46-34-14-10-4/h15-30H,7-14,31-34H2,1-6H3. The summed E-state index contributed by atoms with van der Waals surface area (Å²) in [5, 5.41) is 5.60. The number of rotatable bonds is 21.